The zero-order chi connectivity index (χ0) is 11.1. The van der Waals surface area contributed by atoms with Gasteiger partial charge in [-0.1, -0.05) is 0 Å². The van der Waals surface area contributed by atoms with E-state index in [0.717, 1.165) is 6.54 Å². The molecule has 0 aliphatic heterocycles. The lowest BCUT2D eigenvalue weighted by Gasteiger charge is -2.05. The smallest absolute Gasteiger partial charge is 0.261 e. The van der Waals surface area contributed by atoms with E-state index in [0.29, 0.717) is 13.2 Å². The zero-order valence-corrected chi connectivity index (χ0v) is 9.45. The van der Waals surface area contributed by atoms with Gasteiger partial charge in [-0.15, -0.1) is 11.3 Å². The van der Waals surface area contributed by atoms with Crippen LogP contribution in [0.15, 0.2) is 11.4 Å². The molecule has 1 aromatic rings. The van der Waals surface area contributed by atoms with Crippen molar-refractivity contribution in [3.63, 3.8) is 0 Å². The third-order valence-electron chi connectivity index (χ3n) is 1.92. The van der Waals surface area contributed by atoms with Crippen LogP contribution in [0.4, 0.5) is 8.78 Å². The lowest BCUT2D eigenvalue weighted by Crippen LogP contribution is -2.20. The molecule has 2 nitrogen and oxygen atoms in total. The molecule has 15 heavy (non-hydrogen) atoms. The first-order valence-corrected chi connectivity index (χ1v) is 5.67. The molecule has 0 unspecified atom stereocenters. The first-order valence-electron chi connectivity index (χ1n) is 4.79. The second-order valence-electron chi connectivity index (χ2n) is 3.17. The highest BCUT2D eigenvalue weighted by molar-refractivity contribution is 7.10. The van der Waals surface area contributed by atoms with Crippen LogP contribution in [0, 0.1) is 6.92 Å². The molecule has 1 rings (SSSR count). The predicted molar refractivity (Wildman–Crippen MR) is 57.6 cm³/mol. The van der Waals surface area contributed by atoms with Gasteiger partial charge in [-0.05, 0) is 23.9 Å². The molecule has 1 N–H and O–H groups in total. The lowest BCUT2D eigenvalue weighted by molar-refractivity contribution is 0.0187. The average Bonchev–Trinajstić information content (AvgIpc) is 2.57. The maximum atomic E-state index is 11.7. The van der Waals surface area contributed by atoms with Crippen LogP contribution < -0.4 is 5.32 Å². The van der Waals surface area contributed by atoms with Gasteiger partial charge in [-0.2, -0.15) is 0 Å². The fraction of sp³-hybridized carbons (Fsp3) is 0.600. The summed E-state index contributed by atoms with van der Waals surface area (Å²) >= 11 is 1.69. The van der Waals surface area contributed by atoms with Gasteiger partial charge in [0, 0.05) is 18.0 Å². The van der Waals surface area contributed by atoms with Gasteiger partial charge in [0.25, 0.3) is 6.43 Å². The quantitative estimate of drug-likeness (QED) is 0.733. The molecule has 5 heteroatoms. The predicted octanol–water partition coefficient (Wildman–Crippen LogP) is 2.43. The summed E-state index contributed by atoms with van der Waals surface area (Å²) in [6, 6.07) is 2.06. The third-order valence-corrected chi connectivity index (χ3v) is 2.94. The Labute approximate surface area is 92.3 Å². The van der Waals surface area contributed by atoms with Crippen molar-refractivity contribution in [2.45, 2.75) is 19.9 Å². The van der Waals surface area contributed by atoms with E-state index in [1.54, 1.807) is 11.3 Å². The highest BCUT2D eigenvalue weighted by Crippen LogP contribution is 2.14. The summed E-state index contributed by atoms with van der Waals surface area (Å²) < 4.78 is 28.1. The van der Waals surface area contributed by atoms with Crippen LogP contribution >= 0.6 is 11.3 Å². The van der Waals surface area contributed by atoms with E-state index in [1.807, 2.05) is 5.38 Å². The molecular formula is C10H15F2NOS. The van der Waals surface area contributed by atoms with Crippen LogP contribution in [0.3, 0.4) is 0 Å². The summed E-state index contributed by atoms with van der Waals surface area (Å²) in [7, 11) is 0. The number of rotatable bonds is 7. The second kappa shape index (κ2) is 6.87. The molecule has 0 atom stereocenters. The minimum atomic E-state index is -2.37. The summed E-state index contributed by atoms with van der Waals surface area (Å²) in [5.74, 6) is 0. The Hall–Kier alpha value is -0.520. The first-order chi connectivity index (χ1) is 7.20. The van der Waals surface area contributed by atoms with E-state index in [-0.39, 0.29) is 0 Å². The molecule has 0 aliphatic carbocycles. The van der Waals surface area contributed by atoms with Gasteiger partial charge in [-0.3, -0.25) is 0 Å². The van der Waals surface area contributed by atoms with Gasteiger partial charge in [-0.25, -0.2) is 8.78 Å². The molecule has 0 aromatic carbocycles. The zero-order valence-electron chi connectivity index (χ0n) is 8.63. The number of thiophene rings is 1. The Morgan fingerprint density at radius 2 is 2.33 bits per heavy atom. The van der Waals surface area contributed by atoms with Gasteiger partial charge in [0.15, 0.2) is 0 Å². The van der Waals surface area contributed by atoms with Crippen molar-refractivity contribution in [3.05, 3.63) is 21.9 Å². The Bertz CT molecular complexity index is 278. The molecular weight excluding hydrogens is 220 g/mol. The van der Waals surface area contributed by atoms with E-state index in [1.165, 1.54) is 10.4 Å². The Balaban J connectivity index is 2.00. The van der Waals surface area contributed by atoms with Crippen LogP contribution in [-0.2, 0) is 11.3 Å². The van der Waals surface area contributed by atoms with Gasteiger partial charge in [0.2, 0.25) is 0 Å². The van der Waals surface area contributed by atoms with Crippen molar-refractivity contribution in [2.24, 2.45) is 0 Å². The van der Waals surface area contributed by atoms with Crippen LogP contribution in [0.1, 0.15) is 10.4 Å². The summed E-state index contributed by atoms with van der Waals surface area (Å²) in [5.41, 5.74) is 1.26. The third kappa shape index (κ3) is 5.20. The minimum absolute atomic E-state index is 0.328. The number of hydrogen-bond donors (Lipinski definition) is 1. The topological polar surface area (TPSA) is 21.3 Å². The fourth-order valence-electron chi connectivity index (χ4n) is 1.10. The van der Waals surface area contributed by atoms with Crippen molar-refractivity contribution in [1.29, 1.82) is 0 Å². The number of alkyl halides is 2. The van der Waals surface area contributed by atoms with Crippen LogP contribution in [0.25, 0.3) is 0 Å². The van der Waals surface area contributed by atoms with E-state index in [2.05, 4.69) is 18.3 Å². The number of hydrogen-bond acceptors (Lipinski definition) is 3. The normalized spacial score (nSPS) is 11.2. The van der Waals surface area contributed by atoms with Crippen LogP contribution in [0.5, 0.6) is 0 Å². The summed E-state index contributed by atoms with van der Waals surface area (Å²) in [6.07, 6.45) is -2.37. The molecule has 0 saturated carbocycles. The fourth-order valence-corrected chi connectivity index (χ4v) is 1.98. The van der Waals surface area contributed by atoms with Gasteiger partial charge < -0.3 is 10.1 Å². The first kappa shape index (κ1) is 12.5. The average molecular weight is 235 g/mol. The Morgan fingerprint density at radius 3 is 2.93 bits per heavy atom. The lowest BCUT2D eigenvalue weighted by atomic mass is 10.3. The maximum Gasteiger partial charge on any atom is 0.261 e. The Kier molecular flexibility index (Phi) is 5.75. The molecule has 0 fully saturated rings. The van der Waals surface area contributed by atoms with Gasteiger partial charge in [0.1, 0.15) is 6.61 Å². The van der Waals surface area contributed by atoms with Crippen molar-refractivity contribution >= 4 is 11.3 Å². The van der Waals surface area contributed by atoms with E-state index in [4.69, 9.17) is 4.74 Å². The minimum Gasteiger partial charge on any atom is -0.374 e. The maximum absolute atomic E-state index is 11.7. The molecule has 0 amide bonds. The van der Waals surface area contributed by atoms with E-state index < -0.39 is 13.0 Å². The molecule has 0 saturated heterocycles. The molecule has 0 aliphatic rings. The number of nitrogens with one attached hydrogen (secondary N) is 1. The van der Waals surface area contributed by atoms with Gasteiger partial charge in [0.05, 0.1) is 6.61 Å². The molecule has 1 heterocycles. The largest absolute Gasteiger partial charge is 0.374 e. The number of halogens is 2. The van der Waals surface area contributed by atoms with Crippen molar-refractivity contribution in [3.8, 4) is 0 Å². The number of aryl methyl sites for hydroxylation is 1. The molecule has 1 aromatic heterocycles. The number of ether oxygens (including phenoxy) is 1. The molecule has 0 radical (unpaired) electrons. The monoisotopic (exact) mass is 235 g/mol. The van der Waals surface area contributed by atoms with Crippen molar-refractivity contribution < 1.29 is 13.5 Å². The van der Waals surface area contributed by atoms with Crippen molar-refractivity contribution in [1.82, 2.24) is 5.32 Å². The Morgan fingerprint density at radius 1 is 1.53 bits per heavy atom. The highest BCUT2D eigenvalue weighted by atomic mass is 32.1. The van der Waals surface area contributed by atoms with Crippen LogP contribution in [-0.4, -0.2) is 26.2 Å². The molecule has 86 valence electrons. The SMILES string of the molecule is Cc1ccsc1CNCCOCC(F)F. The van der Waals surface area contributed by atoms with Crippen molar-refractivity contribution in [2.75, 3.05) is 19.8 Å². The summed E-state index contributed by atoms with van der Waals surface area (Å²) in [5, 5.41) is 5.18. The summed E-state index contributed by atoms with van der Waals surface area (Å²) in [4.78, 5) is 1.28. The molecule has 0 bridgehead atoms. The van der Waals surface area contributed by atoms with E-state index in [9.17, 15) is 8.78 Å². The molecule has 0 spiro atoms. The van der Waals surface area contributed by atoms with Gasteiger partial charge >= 0.3 is 0 Å². The second-order valence-corrected chi connectivity index (χ2v) is 4.17. The van der Waals surface area contributed by atoms with E-state index >= 15 is 0 Å². The highest BCUT2D eigenvalue weighted by Gasteiger charge is 2.01. The van der Waals surface area contributed by atoms with Crippen LogP contribution in [0.2, 0.25) is 0 Å². The standard InChI is InChI=1S/C10H15F2NOS/c1-8-2-5-15-9(8)6-13-3-4-14-7-10(11)12/h2,5,10,13H,3-4,6-7H2,1H3. The summed E-state index contributed by atoms with van der Waals surface area (Å²) in [6.45, 7) is 3.29.